The van der Waals surface area contributed by atoms with Gasteiger partial charge in [0, 0.05) is 17.8 Å². The molecule has 92 valence electrons. The molecule has 1 N–H and O–H groups in total. The fourth-order valence-corrected chi connectivity index (χ4v) is 2.96. The summed E-state index contributed by atoms with van der Waals surface area (Å²) in [6.45, 7) is 2.83. The van der Waals surface area contributed by atoms with Crippen molar-refractivity contribution >= 4 is 17.5 Å². The maximum absolute atomic E-state index is 11.8. The van der Waals surface area contributed by atoms with E-state index in [-0.39, 0.29) is 17.2 Å². The van der Waals surface area contributed by atoms with Gasteiger partial charge in [0.15, 0.2) is 0 Å². The summed E-state index contributed by atoms with van der Waals surface area (Å²) in [4.78, 5) is 11.8. The molecule has 0 spiro atoms. The van der Waals surface area contributed by atoms with Crippen molar-refractivity contribution in [2.75, 3.05) is 6.54 Å². The number of amides is 1. The summed E-state index contributed by atoms with van der Waals surface area (Å²) >= 11 is 6.27. The molecule has 0 radical (unpaired) electrons. The summed E-state index contributed by atoms with van der Waals surface area (Å²) < 4.78 is 0. The predicted octanol–water partition coefficient (Wildman–Crippen LogP) is 2.95. The van der Waals surface area contributed by atoms with Crippen LogP contribution in [-0.2, 0) is 4.79 Å². The first kappa shape index (κ1) is 12.2. The lowest BCUT2D eigenvalue weighted by molar-refractivity contribution is -0.125. The number of hydrogen-bond donors (Lipinski definition) is 1. The Bertz CT molecular complexity index is 252. The summed E-state index contributed by atoms with van der Waals surface area (Å²) in [5, 5.41) is 3.35. The van der Waals surface area contributed by atoms with E-state index in [2.05, 4.69) is 5.32 Å². The smallest absolute Gasteiger partial charge is 0.223 e. The molecule has 0 aromatic rings. The summed E-state index contributed by atoms with van der Waals surface area (Å²) in [5.74, 6) is 1.58. The number of rotatable bonds is 4. The lowest BCUT2D eigenvalue weighted by Crippen LogP contribution is -2.37. The fraction of sp³-hybridized carbons (Fsp3) is 0.923. The van der Waals surface area contributed by atoms with Crippen LogP contribution < -0.4 is 5.32 Å². The van der Waals surface area contributed by atoms with E-state index in [4.69, 9.17) is 11.6 Å². The molecule has 1 amide bonds. The van der Waals surface area contributed by atoms with E-state index >= 15 is 0 Å². The second kappa shape index (κ2) is 5.39. The van der Waals surface area contributed by atoms with Crippen molar-refractivity contribution in [3.8, 4) is 0 Å². The molecule has 0 bridgehead atoms. The number of halogens is 1. The maximum Gasteiger partial charge on any atom is 0.223 e. The zero-order valence-electron chi connectivity index (χ0n) is 10.0. The first-order valence-corrected chi connectivity index (χ1v) is 7.04. The molecular formula is C13H22ClNO. The lowest BCUT2D eigenvalue weighted by Gasteiger charge is -2.27. The van der Waals surface area contributed by atoms with E-state index in [1.807, 2.05) is 6.92 Å². The molecule has 16 heavy (non-hydrogen) atoms. The number of alkyl halides is 1. The molecule has 3 unspecified atom stereocenters. The average Bonchev–Trinajstić information content (AvgIpc) is 3.10. The van der Waals surface area contributed by atoms with Crippen LogP contribution in [0.5, 0.6) is 0 Å². The maximum atomic E-state index is 11.8. The number of carbonyl (C=O) groups excluding carboxylic acids is 1. The normalized spacial score (nSPS) is 32.1. The molecule has 2 saturated carbocycles. The van der Waals surface area contributed by atoms with E-state index in [1.165, 1.54) is 32.1 Å². The van der Waals surface area contributed by atoms with Gasteiger partial charge in [-0.05, 0) is 37.5 Å². The molecule has 2 fully saturated rings. The standard InChI is InChI=1S/C13H22ClNO/c1-9(10-6-7-10)13(16)15-8-11-4-2-3-5-12(11)14/h9-12H,2-8H2,1H3,(H,15,16). The van der Waals surface area contributed by atoms with E-state index < -0.39 is 0 Å². The predicted molar refractivity (Wildman–Crippen MR) is 66.5 cm³/mol. The Hall–Kier alpha value is -0.240. The zero-order chi connectivity index (χ0) is 11.5. The minimum absolute atomic E-state index is 0.206. The van der Waals surface area contributed by atoms with Gasteiger partial charge in [-0.3, -0.25) is 4.79 Å². The Kier molecular flexibility index (Phi) is 4.12. The highest BCUT2D eigenvalue weighted by atomic mass is 35.5. The fourth-order valence-electron chi connectivity index (χ4n) is 2.60. The molecule has 0 heterocycles. The van der Waals surface area contributed by atoms with Crippen molar-refractivity contribution in [3.63, 3.8) is 0 Å². The van der Waals surface area contributed by atoms with Gasteiger partial charge in [0.25, 0.3) is 0 Å². The van der Waals surface area contributed by atoms with E-state index in [1.54, 1.807) is 0 Å². The second-order valence-electron chi connectivity index (χ2n) is 5.43. The van der Waals surface area contributed by atoms with Crippen LogP contribution in [0, 0.1) is 17.8 Å². The van der Waals surface area contributed by atoms with Crippen LogP contribution >= 0.6 is 11.6 Å². The topological polar surface area (TPSA) is 29.1 Å². The Morgan fingerprint density at radius 2 is 2.00 bits per heavy atom. The minimum atomic E-state index is 0.206. The van der Waals surface area contributed by atoms with Crippen molar-refractivity contribution in [3.05, 3.63) is 0 Å². The van der Waals surface area contributed by atoms with Crippen molar-refractivity contribution in [1.29, 1.82) is 0 Å². The molecule has 0 aromatic carbocycles. The molecule has 3 heteroatoms. The quantitative estimate of drug-likeness (QED) is 0.756. The Morgan fingerprint density at radius 1 is 1.31 bits per heavy atom. The van der Waals surface area contributed by atoms with Gasteiger partial charge < -0.3 is 5.32 Å². The molecule has 2 nitrogen and oxygen atoms in total. The van der Waals surface area contributed by atoms with Gasteiger partial charge in [0.2, 0.25) is 5.91 Å². The van der Waals surface area contributed by atoms with Gasteiger partial charge in [0.1, 0.15) is 0 Å². The number of nitrogens with one attached hydrogen (secondary N) is 1. The van der Waals surface area contributed by atoms with Gasteiger partial charge in [-0.1, -0.05) is 19.8 Å². The summed E-state index contributed by atoms with van der Waals surface area (Å²) in [6.07, 6.45) is 7.26. The number of carbonyl (C=O) groups is 1. The van der Waals surface area contributed by atoms with Crippen molar-refractivity contribution < 1.29 is 4.79 Å². The average molecular weight is 244 g/mol. The van der Waals surface area contributed by atoms with Gasteiger partial charge >= 0.3 is 0 Å². The van der Waals surface area contributed by atoms with Gasteiger partial charge in [0.05, 0.1) is 0 Å². The van der Waals surface area contributed by atoms with Gasteiger partial charge in [-0.2, -0.15) is 0 Å². The molecule has 3 atom stereocenters. The Labute approximate surface area is 103 Å². The summed E-state index contributed by atoms with van der Waals surface area (Å²) in [7, 11) is 0. The van der Waals surface area contributed by atoms with E-state index in [0.29, 0.717) is 11.8 Å². The zero-order valence-corrected chi connectivity index (χ0v) is 10.8. The van der Waals surface area contributed by atoms with Crippen LogP contribution in [0.2, 0.25) is 0 Å². The summed E-state index contributed by atoms with van der Waals surface area (Å²) in [6, 6.07) is 0. The minimum Gasteiger partial charge on any atom is -0.356 e. The van der Waals surface area contributed by atoms with Gasteiger partial charge in [-0.15, -0.1) is 11.6 Å². The third kappa shape index (κ3) is 3.13. The third-order valence-corrected chi connectivity index (χ3v) is 4.67. The van der Waals surface area contributed by atoms with Crippen molar-refractivity contribution in [2.24, 2.45) is 17.8 Å². The highest BCUT2D eigenvalue weighted by Crippen LogP contribution is 2.36. The SMILES string of the molecule is CC(C(=O)NCC1CCCCC1Cl)C1CC1. The molecule has 2 rings (SSSR count). The van der Waals surface area contributed by atoms with Crippen LogP contribution in [0.25, 0.3) is 0 Å². The highest BCUT2D eigenvalue weighted by molar-refractivity contribution is 6.20. The Morgan fingerprint density at radius 3 is 2.62 bits per heavy atom. The van der Waals surface area contributed by atoms with Crippen LogP contribution in [0.4, 0.5) is 0 Å². The van der Waals surface area contributed by atoms with Gasteiger partial charge in [-0.25, -0.2) is 0 Å². The monoisotopic (exact) mass is 243 g/mol. The van der Waals surface area contributed by atoms with E-state index in [9.17, 15) is 4.79 Å². The first-order valence-electron chi connectivity index (χ1n) is 6.60. The second-order valence-corrected chi connectivity index (χ2v) is 5.99. The first-order chi connectivity index (χ1) is 7.68. The largest absolute Gasteiger partial charge is 0.356 e. The van der Waals surface area contributed by atoms with Crippen molar-refractivity contribution in [1.82, 2.24) is 5.32 Å². The Balaban J connectivity index is 1.71. The van der Waals surface area contributed by atoms with Crippen LogP contribution in [0.3, 0.4) is 0 Å². The molecule has 2 aliphatic carbocycles. The number of hydrogen-bond acceptors (Lipinski definition) is 1. The van der Waals surface area contributed by atoms with Crippen LogP contribution in [0.15, 0.2) is 0 Å². The lowest BCUT2D eigenvalue weighted by atomic mass is 9.88. The molecular weight excluding hydrogens is 222 g/mol. The van der Waals surface area contributed by atoms with Crippen LogP contribution in [-0.4, -0.2) is 17.8 Å². The highest BCUT2D eigenvalue weighted by Gasteiger charge is 2.33. The molecule has 0 aromatic heterocycles. The molecule has 2 aliphatic rings. The summed E-state index contributed by atoms with van der Waals surface area (Å²) in [5.41, 5.74) is 0. The third-order valence-electron chi connectivity index (χ3n) is 4.10. The molecule has 0 saturated heterocycles. The van der Waals surface area contributed by atoms with Crippen LogP contribution in [0.1, 0.15) is 45.4 Å². The molecule has 0 aliphatic heterocycles. The van der Waals surface area contributed by atoms with E-state index in [0.717, 1.165) is 13.0 Å². The van der Waals surface area contributed by atoms with Crippen molar-refractivity contribution in [2.45, 2.75) is 50.8 Å².